The predicted molar refractivity (Wildman–Crippen MR) is 521 cm³/mol. The summed E-state index contributed by atoms with van der Waals surface area (Å²) in [5.74, 6) is -0.0167. The molecule has 1 amide bonds. The third-order valence-electron chi connectivity index (χ3n) is 21.6. The summed E-state index contributed by atoms with van der Waals surface area (Å²) in [5.41, 5.74) is -0.704. The number of rotatable bonds is 37. The average Bonchev–Trinajstić information content (AvgIpc) is 1.69. The molecular formula is C84H145N14O22P5S2. The molecule has 5 fully saturated rings. The van der Waals surface area contributed by atoms with E-state index in [9.17, 15) is 84.6 Å². The number of hydrogen-bond donors (Lipinski definition) is 19. The maximum absolute atomic E-state index is 12.2. The number of H-pyrrole nitrogens is 4. The molecule has 20 atom stereocenters. The Kier molecular flexibility index (Phi) is 43.2. The van der Waals surface area contributed by atoms with Crippen LogP contribution in [0.4, 0.5) is 0 Å². The van der Waals surface area contributed by atoms with Crippen molar-refractivity contribution in [1.29, 1.82) is 0 Å². The summed E-state index contributed by atoms with van der Waals surface area (Å²) < 4.78 is 34.9. The first-order chi connectivity index (χ1) is 59.2. The first-order valence-electron chi connectivity index (χ1n) is 43.0. The quantitative estimate of drug-likeness (QED) is 0.0175. The molecule has 0 radical (unpaired) electrons. The van der Waals surface area contributed by atoms with Crippen LogP contribution in [0.3, 0.4) is 0 Å². The zero-order valence-electron chi connectivity index (χ0n) is 76.2. The van der Waals surface area contributed by atoms with Crippen molar-refractivity contribution in [1.82, 2.24) is 69.7 Å². The molecule has 36 nitrogen and oxygen atoms in total. The molecule has 10 heterocycles. The van der Waals surface area contributed by atoms with Gasteiger partial charge in [0.2, 0.25) is 0 Å². The van der Waals surface area contributed by atoms with Crippen LogP contribution in [-0.2, 0) is 54.7 Å². The topological polar surface area (TPSA) is 514 Å². The molecule has 0 aromatic carbocycles. The molecule has 127 heavy (non-hydrogen) atoms. The normalized spacial score (nSPS) is 27.3. The summed E-state index contributed by atoms with van der Waals surface area (Å²) in [4.78, 5) is 95.5. The van der Waals surface area contributed by atoms with Crippen molar-refractivity contribution in [3.63, 3.8) is 0 Å². The number of carbonyl (C=O) groups excluding carboxylic acids is 1. The molecule has 720 valence electrons. The van der Waals surface area contributed by atoms with E-state index in [2.05, 4.69) is 158 Å². The molecule has 5 unspecified atom stereocenters. The summed E-state index contributed by atoms with van der Waals surface area (Å²) in [7, 11) is 0. The van der Waals surface area contributed by atoms with Gasteiger partial charge < -0.3 is 106 Å². The second kappa shape index (κ2) is 49.7. The Morgan fingerprint density at radius 1 is 0.378 bits per heavy atom. The van der Waals surface area contributed by atoms with E-state index >= 15 is 0 Å². The van der Waals surface area contributed by atoms with Gasteiger partial charge in [-0.15, -0.1) is 65.9 Å². The number of nitrogens with zero attached hydrogens (tertiary/aromatic N) is 5. The molecule has 5 saturated heterocycles. The van der Waals surface area contributed by atoms with Crippen LogP contribution in [0.25, 0.3) is 0 Å². The molecule has 6 aliphatic rings. The lowest BCUT2D eigenvalue weighted by atomic mass is 10.1. The molecule has 19 N–H and O–H groups in total. The van der Waals surface area contributed by atoms with Gasteiger partial charge in [0.1, 0.15) is 66.9 Å². The molecule has 0 aliphatic carbocycles. The van der Waals surface area contributed by atoms with Gasteiger partial charge in [-0.3, -0.25) is 62.2 Å². The van der Waals surface area contributed by atoms with Crippen LogP contribution in [0.15, 0.2) is 90.4 Å². The van der Waals surface area contributed by atoms with E-state index in [1.807, 2.05) is 27.7 Å². The van der Waals surface area contributed by atoms with Gasteiger partial charge in [0.25, 0.3) is 28.1 Å². The molecule has 6 aliphatic heterocycles. The van der Waals surface area contributed by atoms with E-state index in [1.54, 1.807) is 12.4 Å². The number of ether oxygens (including phenoxy) is 5. The minimum atomic E-state index is -1.29. The number of amides is 1. The van der Waals surface area contributed by atoms with Crippen molar-refractivity contribution in [2.45, 2.75) is 234 Å². The van der Waals surface area contributed by atoms with Crippen LogP contribution in [0, 0.1) is 9.54 Å². The number of nitrogens with one attached hydrogen (secondary N) is 9. The Morgan fingerprint density at radius 2 is 0.606 bits per heavy atom. The minimum absolute atomic E-state index is 0.163. The molecule has 10 rings (SSSR count). The molecular weight excluding hydrogens is 1780 g/mol. The lowest BCUT2D eigenvalue weighted by Gasteiger charge is -2.34. The highest BCUT2D eigenvalue weighted by Crippen LogP contribution is 2.44. The summed E-state index contributed by atoms with van der Waals surface area (Å²) in [6.07, 6.45) is 22.6. The molecule has 4 aromatic heterocycles. The Balaban J connectivity index is 0.000000245. The van der Waals surface area contributed by atoms with Gasteiger partial charge in [0.05, 0.1) is 36.1 Å². The monoisotopic (exact) mass is 1920 g/mol. The minimum Gasteiger partial charge on any atom is -0.388 e. The highest BCUT2D eigenvalue weighted by atomic mass is 32.1. The fourth-order valence-electron chi connectivity index (χ4n) is 14.3. The van der Waals surface area contributed by atoms with Crippen molar-refractivity contribution >= 4 is 96.3 Å². The third-order valence-corrected chi connectivity index (χ3v) is 29.6. The lowest BCUT2D eigenvalue weighted by Crippen LogP contribution is -2.47. The SMILES string of the molecule is C=CC1=CN([C@@H]2OC(CCP(=C)(C)C)[C@@H](O)[C@H]2O)C(=C)NC1=O.C=P(C)(C)CCC1O[C@@H](n2cc(CNCCC)c(=O)[nH]c2=O)[C@H](O)[C@@H]1O.C=P(C)(C)CCC1O[C@@H](n2cc(CNCCC)c(=O)[nH]c2=O)[C@H](O)[C@@H]1O.C=P(C)(C)CCC1O[C@@H](n2cc(CNCCC)c(=O)[nH]c2=S)[C@H](O)[C@@H]1O.C=P(C)(C)CCC1O[C@@H](n2cc(CNCCC)c(=O)[nH]c2=S)[C@H](O)[C@@H]1O. The van der Waals surface area contributed by atoms with E-state index in [1.165, 1.54) is 38.7 Å². The van der Waals surface area contributed by atoms with Crippen molar-refractivity contribution in [2.24, 2.45) is 0 Å². The maximum atomic E-state index is 12.2. The maximum Gasteiger partial charge on any atom is 0.330 e. The molecule has 0 bridgehead atoms. The lowest BCUT2D eigenvalue weighted by molar-refractivity contribution is -0.119. The average molecular weight is 1920 g/mol. The molecule has 0 spiro atoms. The van der Waals surface area contributed by atoms with Crippen LogP contribution in [0.2, 0.25) is 0 Å². The first-order valence-corrected chi connectivity index (χ1v) is 59.1. The van der Waals surface area contributed by atoms with Crippen LogP contribution < -0.4 is 60.2 Å². The van der Waals surface area contributed by atoms with Crippen molar-refractivity contribution in [3.05, 3.63) is 156 Å². The number of carbonyl (C=O) groups is 1. The predicted octanol–water partition coefficient (Wildman–Crippen LogP) is 2.26. The van der Waals surface area contributed by atoms with Crippen LogP contribution in [-0.4, -0.2) is 353 Å². The van der Waals surface area contributed by atoms with Gasteiger partial charge in [0, 0.05) is 79.4 Å². The number of hydrogen-bond acceptors (Lipinski definition) is 29. The summed E-state index contributed by atoms with van der Waals surface area (Å²) in [6, 6.07) is 0. The van der Waals surface area contributed by atoms with E-state index < -0.39 is 180 Å². The van der Waals surface area contributed by atoms with E-state index in [-0.39, 0.29) is 26.6 Å². The van der Waals surface area contributed by atoms with Crippen LogP contribution >= 0.6 is 58.9 Å². The number of aliphatic hydroxyl groups is 10. The van der Waals surface area contributed by atoms with E-state index in [4.69, 9.17) is 48.1 Å². The van der Waals surface area contributed by atoms with Crippen LogP contribution in [0.5, 0.6) is 0 Å². The fourth-order valence-corrected chi connectivity index (χ4v) is 19.5. The van der Waals surface area contributed by atoms with Crippen LogP contribution in [0.1, 0.15) is 133 Å². The number of aromatic amines is 4. The molecule has 0 saturated carbocycles. The third kappa shape index (κ3) is 33.1. The largest absolute Gasteiger partial charge is 0.388 e. The van der Waals surface area contributed by atoms with Crippen molar-refractivity contribution < 1.29 is 79.5 Å². The first kappa shape index (κ1) is 111. The van der Waals surface area contributed by atoms with Gasteiger partial charge in [-0.25, -0.2) is 9.59 Å². The second-order valence-electron chi connectivity index (χ2n) is 36.6. The van der Waals surface area contributed by atoms with Gasteiger partial charge in [-0.05, 0) is 206 Å². The van der Waals surface area contributed by atoms with Crippen molar-refractivity contribution in [2.75, 3.05) is 124 Å². The van der Waals surface area contributed by atoms with Gasteiger partial charge in [-0.1, -0.05) is 46.9 Å². The molecule has 4 aromatic rings. The Bertz CT molecular complexity index is 4600. The molecule has 43 heteroatoms. The van der Waals surface area contributed by atoms with Crippen molar-refractivity contribution in [3.8, 4) is 0 Å². The zero-order chi connectivity index (χ0) is 95.3. The van der Waals surface area contributed by atoms with Gasteiger partial charge in [0.15, 0.2) is 40.7 Å². The number of aromatic nitrogens is 8. The highest BCUT2D eigenvalue weighted by molar-refractivity contribution is 7.73. The summed E-state index contributed by atoms with van der Waals surface area (Å²) in [5, 5.41) is 119. The Labute approximate surface area is 755 Å². The summed E-state index contributed by atoms with van der Waals surface area (Å²) in [6.45, 7) is 34.7. The second-order valence-corrected chi connectivity index (χ2v) is 58.9. The van der Waals surface area contributed by atoms with E-state index in [0.717, 1.165) is 91.8 Å². The van der Waals surface area contributed by atoms with Gasteiger partial charge >= 0.3 is 11.4 Å². The zero-order valence-corrected chi connectivity index (χ0v) is 82.3. The Hall–Kier alpha value is -5.21. The summed E-state index contributed by atoms with van der Waals surface area (Å²) >= 11 is 10.5. The highest BCUT2D eigenvalue weighted by Gasteiger charge is 2.50. The Morgan fingerprint density at radius 3 is 0.850 bits per heavy atom. The van der Waals surface area contributed by atoms with Gasteiger partial charge in [-0.2, -0.15) is 0 Å². The fraction of sp³-hybridized carbons (Fsp3) is 0.667. The number of aliphatic hydroxyl groups excluding tert-OH is 10. The van der Waals surface area contributed by atoms with E-state index in [0.29, 0.717) is 91.9 Å². The smallest absolute Gasteiger partial charge is 0.330 e. The standard InChI is InChI=1S/2C17H30N3O5P.2C17H30N3O4PS.C16H25N2O4P/c2*1-5-7-18-9-11-10-20(17(24)19-15(11)23)16-14(22)13(21)12(25-16)6-8-26(2,3)4;2*1-5-7-18-9-11-10-20(17(26)19-15(11)23)16-14(22)13(21)12(24-16)6-8-25(2,3)4;1-6-11-9-18(10(2)17-15(11)21)16-14(20)13(19)12(22-16)7-8-23(3,4)5/h2*10,12-14,16,18,21-22H,2,5-9H2,1,3-4H3,(H,19,23,24);2*10,12-14,16,18,21-22H,2,5-9H2,1,3-4H3,(H,19,23,26);6,9,12-14,16,19-20H,1-3,7-8H2,4-5H3,(H,17,21)/t5*12?,13-,14-,16-/m11111/s1.